The lowest BCUT2D eigenvalue weighted by Gasteiger charge is -2.25. The number of amides is 1. The number of carboxylic acid groups (broad SMARTS) is 1. The van der Waals surface area contributed by atoms with Crippen LogP contribution in [0.4, 0.5) is 0 Å². The minimum absolute atomic E-state index is 0.203. The van der Waals surface area contributed by atoms with Gasteiger partial charge < -0.3 is 19.7 Å². The lowest BCUT2D eigenvalue weighted by atomic mass is 10.0. The summed E-state index contributed by atoms with van der Waals surface area (Å²) in [5.41, 5.74) is -1.28. The van der Waals surface area contributed by atoms with E-state index < -0.39 is 23.4 Å². The fourth-order valence-corrected chi connectivity index (χ4v) is 2.48. The average Bonchev–Trinajstić information content (AvgIpc) is 2.91. The molecule has 2 aromatic rings. The van der Waals surface area contributed by atoms with Crippen LogP contribution >= 0.6 is 0 Å². The third kappa shape index (κ3) is 3.63. The average molecular weight is 342 g/mol. The van der Waals surface area contributed by atoms with Crippen molar-refractivity contribution < 1.29 is 24.2 Å². The summed E-state index contributed by atoms with van der Waals surface area (Å²) in [5, 5.41) is 12.5. The maximum absolute atomic E-state index is 11.7. The quantitative estimate of drug-likeness (QED) is 0.613. The van der Waals surface area contributed by atoms with E-state index in [2.05, 4.69) is 11.2 Å². The van der Waals surface area contributed by atoms with Gasteiger partial charge >= 0.3 is 11.9 Å². The third-order valence-electron chi connectivity index (χ3n) is 3.67. The van der Waals surface area contributed by atoms with Crippen LogP contribution in [0.15, 0.2) is 30.5 Å². The van der Waals surface area contributed by atoms with E-state index >= 15 is 0 Å². The van der Waals surface area contributed by atoms with Crippen molar-refractivity contribution in [3.05, 3.63) is 30.5 Å². The molecule has 1 unspecified atom stereocenters. The Labute approximate surface area is 144 Å². The van der Waals surface area contributed by atoms with Crippen LogP contribution in [-0.4, -0.2) is 33.1 Å². The zero-order chi connectivity index (χ0) is 18.6. The molecule has 7 heteroatoms. The lowest BCUT2D eigenvalue weighted by molar-refractivity contribution is -0.145. The van der Waals surface area contributed by atoms with Gasteiger partial charge in [-0.05, 0) is 12.1 Å². The van der Waals surface area contributed by atoms with Gasteiger partial charge in [0, 0.05) is 24.9 Å². The van der Waals surface area contributed by atoms with Gasteiger partial charge in [-0.25, -0.2) is 4.79 Å². The third-order valence-corrected chi connectivity index (χ3v) is 3.67. The number of rotatable bonds is 6. The molecule has 1 amide bonds. The maximum atomic E-state index is 11.7. The summed E-state index contributed by atoms with van der Waals surface area (Å²) in [6.07, 6.45) is 7.13. The molecule has 0 spiro atoms. The molecule has 1 aromatic carbocycles. The van der Waals surface area contributed by atoms with E-state index in [1.165, 1.54) is 13.1 Å². The topological polar surface area (TPSA) is 97.6 Å². The van der Waals surface area contributed by atoms with Gasteiger partial charge in [0.05, 0.1) is 12.1 Å². The Kier molecular flexibility index (Phi) is 5.13. The highest BCUT2D eigenvalue weighted by Gasteiger charge is 2.38. The van der Waals surface area contributed by atoms with Gasteiger partial charge in [0.25, 0.3) is 0 Å². The van der Waals surface area contributed by atoms with Gasteiger partial charge in [0.15, 0.2) is 5.75 Å². The standard InChI is InChI=1S/C18H18N2O5/c1-4-16(22)25-15-10-20(14-9-7-6-8-13(14)15)11-18(5-2,17(23)24)19-12(3)21/h2,6-10H,4,11H2,1,3H3,(H,19,21)(H,23,24). The van der Waals surface area contributed by atoms with E-state index in [0.717, 1.165) is 0 Å². The molecular formula is C18H18N2O5. The Hall–Kier alpha value is -3.27. The van der Waals surface area contributed by atoms with E-state index in [4.69, 9.17) is 11.2 Å². The van der Waals surface area contributed by atoms with Gasteiger partial charge in [-0.3, -0.25) is 9.59 Å². The summed E-state index contributed by atoms with van der Waals surface area (Å²) in [7, 11) is 0. The number of carboxylic acids is 1. The molecule has 0 radical (unpaired) electrons. The molecule has 130 valence electrons. The number of terminal acetylenes is 1. The highest BCUT2D eigenvalue weighted by atomic mass is 16.5. The number of esters is 1. The normalized spacial score (nSPS) is 12.8. The van der Waals surface area contributed by atoms with E-state index in [9.17, 15) is 19.5 Å². The Morgan fingerprint density at radius 3 is 2.60 bits per heavy atom. The molecule has 0 saturated heterocycles. The first-order valence-corrected chi connectivity index (χ1v) is 7.61. The van der Waals surface area contributed by atoms with E-state index in [0.29, 0.717) is 16.7 Å². The van der Waals surface area contributed by atoms with E-state index in [-0.39, 0.29) is 13.0 Å². The number of hydrogen-bond acceptors (Lipinski definition) is 4. The molecule has 25 heavy (non-hydrogen) atoms. The number of fused-ring (bicyclic) bond motifs is 1. The number of para-hydroxylation sites is 1. The zero-order valence-electron chi connectivity index (χ0n) is 13.9. The molecule has 7 nitrogen and oxygen atoms in total. The molecular weight excluding hydrogens is 324 g/mol. The lowest BCUT2D eigenvalue weighted by Crippen LogP contribution is -2.55. The number of aliphatic carboxylic acids is 1. The van der Waals surface area contributed by atoms with Crippen molar-refractivity contribution in [1.29, 1.82) is 0 Å². The zero-order valence-corrected chi connectivity index (χ0v) is 13.9. The highest BCUT2D eigenvalue weighted by molar-refractivity contribution is 5.91. The summed E-state index contributed by atoms with van der Waals surface area (Å²) in [5.74, 6) is 0.144. The number of ether oxygens (including phenoxy) is 1. The van der Waals surface area contributed by atoms with Crippen molar-refractivity contribution in [2.45, 2.75) is 32.4 Å². The van der Waals surface area contributed by atoms with Crippen molar-refractivity contribution >= 4 is 28.7 Å². The summed E-state index contributed by atoms with van der Waals surface area (Å²) < 4.78 is 6.85. The van der Waals surface area contributed by atoms with Crippen LogP contribution in [0.5, 0.6) is 5.75 Å². The van der Waals surface area contributed by atoms with Crippen molar-refractivity contribution in [2.24, 2.45) is 0 Å². The minimum Gasteiger partial charge on any atom is -0.479 e. The van der Waals surface area contributed by atoms with Crippen LogP contribution in [0.2, 0.25) is 0 Å². The predicted molar refractivity (Wildman–Crippen MR) is 90.9 cm³/mol. The first kappa shape index (κ1) is 18.1. The van der Waals surface area contributed by atoms with Gasteiger partial charge in [-0.15, -0.1) is 6.42 Å². The number of nitrogens with zero attached hydrogens (tertiary/aromatic N) is 1. The van der Waals surface area contributed by atoms with Crippen LogP contribution in [0.1, 0.15) is 20.3 Å². The molecule has 1 aromatic heterocycles. The van der Waals surface area contributed by atoms with Gasteiger partial charge in [-0.2, -0.15) is 0 Å². The SMILES string of the molecule is C#CC(Cn1cc(OC(=O)CC)c2ccccc21)(NC(C)=O)C(=O)O. The van der Waals surface area contributed by atoms with E-state index in [1.807, 2.05) is 0 Å². The van der Waals surface area contributed by atoms with Gasteiger partial charge in [-0.1, -0.05) is 25.0 Å². The fourth-order valence-electron chi connectivity index (χ4n) is 2.48. The number of aromatic nitrogens is 1. The highest BCUT2D eigenvalue weighted by Crippen LogP contribution is 2.29. The molecule has 0 aliphatic heterocycles. The molecule has 2 N–H and O–H groups in total. The second-order valence-corrected chi connectivity index (χ2v) is 5.50. The molecule has 2 rings (SSSR count). The Morgan fingerprint density at radius 1 is 1.36 bits per heavy atom. The molecule has 0 aliphatic carbocycles. The van der Waals surface area contributed by atoms with Crippen molar-refractivity contribution in [1.82, 2.24) is 9.88 Å². The van der Waals surface area contributed by atoms with Crippen LogP contribution in [0.25, 0.3) is 10.9 Å². The predicted octanol–water partition coefficient (Wildman–Crippen LogP) is 1.55. The molecule has 0 bridgehead atoms. The van der Waals surface area contributed by atoms with Gasteiger partial charge in [0.1, 0.15) is 0 Å². The summed E-state index contributed by atoms with van der Waals surface area (Å²) in [4.78, 5) is 34.7. The number of benzene rings is 1. The summed E-state index contributed by atoms with van der Waals surface area (Å²) in [6.45, 7) is 2.64. The van der Waals surface area contributed by atoms with Crippen LogP contribution < -0.4 is 10.1 Å². The molecule has 0 fully saturated rings. The maximum Gasteiger partial charge on any atom is 0.344 e. The fraction of sp³-hybridized carbons (Fsp3) is 0.278. The first-order chi connectivity index (χ1) is 11.8. The Balaban J connectivity index is 2.53. The second kappa shape index (κ2) is 7.09. The minimum atomic E-state index is -1.92. The number of nitrogens with one attached hydrogen (secondary N) is 1. The molecule has 1 heterocycles. The summed E-state index contributed by atoms with van der Waals surface area (Å²) in [6, 6.07) is 7.03. The number of carbonyl (C=O) groups excluding carboxylic acids is 2. The van der Waals surface area contributed by atoms with E-state index in [1.54, 1.807) is 35.8 Å². The Bertz CT molecular complexity index is 877. The number of hydrogen-bond donors (Lipinski definition) is 2. The Morgan fingerprint density at radius 2 is 2.04 bits per heavy atom. The van der Waals surface area contributed by atoms with Crippen LogP contribution in [0.3, 0.4) is 0 Å². The molecule has 1 atom stereocenters. The van der Waals surface area contributed by atoms with Crippen molar-refractivity contribution in [3.8, 4) is 18.1 Å². The van der Waals surface area contributed by atoms with Crippen LogP contribution in [0, 0.1) is 12.3 Å². The van der Waals surface area contributed by atoms with Gasteiger partial charge in [0.2, 0.25) is 11.4 Å². The van der Waals surface area contributed by atoms with Crippen molar-refractivity contribution in [2.75, 3.05) is 0 Å². The second-order valence-electron chi connectivity index (χ2n) is 5.50. The largest absolute Gasteiger partial charge is 0.479 e. The molecule has 0 saturated carbocycles. The van der Waals surface area contributed by atoms with Crippen molar-refractivity contribution in [3.63, 3.8) is 0 Å². The first-order valence-electron chi connectivity index (χ1n) is 7.61. The smallest absolute Gasteiger partial charge is 0.344 e. The number of carbonyl (C=O) groups is 3. The molecule has 0 aliphatic rings. The van der Waals surface area contributed by atoms with Crippen LogP contribution in [-0.2, 0) is 20.9 Å². The summed E-state index contributed by atoms with van der Waals surface area (Å²) >= 11 is 0. The monoisotopic (exact) mass is 342 g/mol.